The van der Waals surface area contributed by atoms with Gasteiger partial charge in [-0.2, -0.15) is 0 Å². The van der Waals surface area contributed by atoms with Gasteiger partial charge in [-0.05, 0) is 62.3 Å². The predicted octanol–water partition coefficient (Wildman–Crippen LogP) is 3.26. The van der Waals surface area contributed by atoms with E-state index in [9.17, 15) is 0 Å². The van der Waals surface area contributed by atoms with Crippen LogP contribution in [0, 0.1) is 11.8 Å². The number of hydrogen-bond donors (Lipinski definition) is 1. The molecule has 0 heterocycles. The summed E-state index contributed by atoms with van der Waals surface area (Å²) in [5.41, 5.74) is 1.37. The molecule has 0 radical (unpaired) electrons. The van der Waals surface area contributed by atoms with Crippen molar-refractivity contribution in [2.45, 2.75) is 39.2 Å². The van der Waals surface area contributed by atoms with Crippen LogP contribution in [-0.4, -0.2) is 19.7 Å². The lowest BCUT2D eigenvalue weighted by atomic mass is 10.0. The number of benzene rings is 1. The van der Waals surface area contributed by atoms with Gasteiger partial charge in [0.2, 0.25) is 0 Å². The van der Waals surface area contributed by atoms with Crippen LogP contribution < -0.4 is 10.1 Å². The molecule has 0 bridgehead atoms. The summed E-state index contributed by atoms with van der Waals surface area (Å²) in [6, 6.07) is 8.92. The number of ether oxygens (including phenoxy) is 1. The van der Waals surface area contributed by atoms with Crippen molar-refractivity contribution in [3.8, 4) is 5.75 Å². The molecule has 2 atom stereocenters. The largest absolute Gasteiger partial charge is 0.497 e. The van der Waals surface area contributed by atoms with E-state index >= 15 is 0 Å². The van der Waals surface area contributed by atoms with Crippen molar-refractivity contribution in [3.63, 3.8) is 0 Å². The summed E-state index contributed by atoms with van der Waals surface area (Å²) in [4.78, 5) is 0. The highest BCUT2D eigenvalue weighted by Gasteiger charge is 2.27. The Kier molecular flexibility index (Phi) is 4.65. The highest BCUT2D eigenvalue weighted by Crippen LogP contribution is 2.36. The molecule has 1 fully saturated rings. The van der Waals surface area contributed by atoms with E-state index in [1.54, 1.807) is 7.11 Å². The molecule has 0 aliphatic heterocycles. The topological polar surface area (TPSA) is 21.3 Å². The van der Waals surface area contributed by atoms with Crippen molar-refractivity contribution >= 4 is 0 Å². The molecule has 1 aromatic rings. The van der Waals surface area contributed by atoms with E-state index in [1.807, 2.05) is 12.1 Å². The molecule has 1 N–H and O–H groups in total. The zero-order valence-electron chi connectivity index (χ0n) is 11.8. The van der Waals surface area contributed by atoms with Gasteiger partial charge < -0.3 is 10.1 Å². The van der Waals surface area contributed by atoms with Crippen LogP contribution >= 0.6 is 0 Å². The standard InChI is InChI=1S/C16H25NO/c1-12(15-6-7-15)11-17-13(2)10-14-4-8-16(18-3)9-5-14/h4-5,8-9,12-13,15,17H,6-7,10-11H2,1-3H3. The molecule has 1 saturated carbocycles. The van der Waals surface area contributed by atoms with Gasteiger partial charge in [-0.15, -0.1) is 0 Å². The second kappa shape index (κ2) is 6.24. The van der Waals surface area contributed by atoms with Gasteiger partial charge >= 0.3 is 0 Å². The Labute approximate surface area is 111 Å². The molecule has 2 heteroatoms. The van der Waals surface area contributed by atoms with Crippen LogP contribution in [-0.2, 0) is 6.42 Å². The van der Waals surface area contributed by atoms with Gasteiger partial charge in [0.05, 0.1) is 7.11 Å². The number of methoxy groups -OCH3 is 1. The second-order valence-electron chi connectivity index (χ2n) is 5.68. The molecular weight excluding hydrogens is 222 g/mol. The lowest BCUT2D eigenvalue weighted by Crippen LogP contribution is -2.32. The van der Waals surface area contributed by atoms with Crippen molar-refractivity contribution in [1.29, 1.82) is 0 Å². The van der Waals surface area contributed by atoms with Gasteiger partial charge in [0.25, 0.3) is 0 Å². The Morgan fingerprint density at radius 1 is 1.22 bits per heavy atom. The molecular formula is C16H25NO. The van der Waals surface area contributed by atoms with Crippen LogP contribution in [0.1, 0.15) is 32.3 Å². The third kappa shape index (κ3) is 4.02. The van der Waals surface area contributed by atoms with Crippen LogP contribution in [0.3, 0.4) is 0 Å². The maximum atomic E-state index is 5.17. The third-order valence-corrected chi connectivity index (χ3v) is 3.92. The number of nitrogens with one attached hydrogen (secondary N) is 1. The third-order valence-electron chi connectivity index (χ3n) is 3.92. The first-order chi connectivity index (χ1) is 8.69. The fourth-order valence-corrected chi connectivity index (χ4v) is 2.41. The fourth-order valence-electron chi connectivity index (χ4n) is 2.41. The van der Waals surface area contributed by atoms with Gasteiger partial charge in [-0.25, -0.2) is 0 Å². The average Bonchev–Trinajstić information content (AvgIpc) is 3.21. The summed E-state index contributed by atoms with van der Waals surface area (Å²) in [5, 5.41) is 3.65. The van der Waals surface area contributed by atoms with E-state index in [2.05, 4.69) is 31.3 Å². The molecule has 0 spiro atoms. The molecule has 2 nitrogen and oxygen atoms in total. The summed E-state index contributed by atoms with van der Waals surface area (Å²) in [7, 11) is 1.71. The Hall–Kier alpha value is -1.02. The lowest BCUT2D eigenvalue weighted by molar-refractivity contribution is 0.413. The summed E-state index contributed by atoms with van der Waals surface area (Å²) in [6.07, 6.45) is 3.97. The van der Waals surface area contributed by atoms with E-state index in [-0.39, 0.29) is 0 Å². The van der Waals surface area contributed by atoms with E-state index in [0.717, 1.165) is 30.6 Å². The number of rotatable bonds is 7. The van der Waals surface area contributed by atoms with E-state index in [0.29, 0.717) is 6.04 Å². The highest BCUT2D eigenvalue weighted by molar-refractivity contribution is 5.27. The Morgan fingerprint density at radius 3 is 2.44 bits per heavy atom. The zero-order chi connectivity index (χ0) is 13.0. The SMILES string of the molecule is COc1ccc(CC(C)NCC(C)C2CC2)cc1. The monoisotopic (exact) mass is 247 g/mol. The molecule has 18 heavy (non-hydrogen) atoms. The van der Waals surface area contributed by atoms with Crippen LogP contribution in [0.2, 0.25) is 0 Å². The van der Waals surface area contributed by atoms with Crippen molar-refractivity contribution in [3.05, 3.63) is 29.8 Å². The molecule has 2 rings (SSSR count). The zero-order valence-corrected chi connectivity index (χ0v) is 11.8. The molecule has 0 saturated heterocycles. The van der Waals surface area contributed by atoms with Crippen LogP contribution in [0.15, 0.2) is 24.3 Å². The minimum absolute atomic E-state index is 0.541. The van der Waals surface area contributed by atoms with Crippen molar-refractivity contribution in [1.82, 2.24) is 5.32 Å². The van der Waals surface area contributed by atoms with Crippen LogP contribution in [0.5, 0.6) is 5.75 Å². The van der Waals surface area contributed by atoms with Crippen LogP contribution in [0.25, 0.3) is 0 Å². The summed E-state index contributed by atoms with van der Waals surface area (Å²) in [6.45, 7) is 5.79. The summed E-state index contributed by atoms with van der Waals surface area (Å²) < 4.78 is 5.17. The van der Waals surface area contributed by atoms with E-state index in [1.165, 1.54) is 18.4 Å². The maximum Gasteiger partial charge on any atom is 0.118 e. The predicted molar refractivity (Wildman–Crippen MR) is 76.1 cm³/mol. The smallest absolute Gasteiger partial charge is 0.118 e. The van der Waals surface area contributed by atoms with Gasteiger partial charge in [-0.1, -0.05) is 19.1 Å². The minimum atomic E-state index is 0.541. The van der Waals surface area contributed by atoms with Crippen molar-refractivity contribution in [2.75, 3.05) is 13.7 Å². The quantitative estimate of drug-likeness (QED) is 0.798. The molecule has 2 unspecified atom stereocenters. The summed E-state index contributed by atoms with van der Waals surface area (Å²) >= 11 is 0. The summed E-state index contributed by atoms with van der Waals surface area (Å²) in [5.74, 6) is 2.76. The minimum Gasteiger partial charge on any atom is -0.497 e. The van der Waals surface area contributed by atoms with Gasteiger partial charge in [0, 0.05) is 6.04 Å². The molecule has 0 amide bonds. The van der Waals surface area contributed by atoms with Gasteiger partial charge in [-0.3, -0.25) is 0 Å². The number of hydrogen-bond acceptors (Lipinski definition) is 2. The maximum absolute atomic E-state index is 5.17. The van der Waals surface area contributed by atoms with Gasteiger partial charge in [0.15, 0.2) is 0 Å². The molecule has 1 aliphatic rings. The first-order valence-corrected chi connectivity index (χ1v) is 7.05. The first-order valence-electron chi connectivity index (χ1n) is 7.05. The molecule has 100 valence electrons. The fraction of sp³-hybridized carbons (Fsp3) is 0.625. The van der Waals surface area contributed by atoms with Crippen molar-refractivity contribution in [2.24, 2.45) is 11.8 Å². The van der Waals surface area contributed by atoms with E-state index in [4.69, 9.17) is 4.74 Å². The molecule has 1 aromatic carbocycles. The van der Waals surface area contributed by atoms with Crippen LogP contribution in [0.4, 0.5) is 0 Å². The van der Waals surface area contributed by atoms with Crippen molar-refractivity contribution < 1.29 is 4.74 Å². The normalized spacial score (nSPS) is 18.4. The van der Waals surface area contributed by atoms with E-state index < -0.39 is 0 Å². The lowest BCUT2D eigenvalue weighted by Gasteiger charge is -2.17. The second-order valence-corrected chi connectivity index (χ2v) is 5.68. The average molecular weight is 247 g/mol. The highest BCUT2D eigenvalue weighted by atomic mass is 16.5. The molecule has 0 aromatic heterocycles. The first kappa shape index (κ1) is 13.4. The Bertz CT molecular complexity index is 356. The van der Waals surface area contributed by atoms with Gasteiger partial charge in [0.1, 0.15) is 5.75 Å². The Morgan fingerprint density at radius 2 is 1.89 bits per heavy atom. The Balaban J connectivity index is 1.73. The molecule has 1 aliphatic carbocycles.